The van der Waals surface area contributed by atoms with E-state index in [9.17, 15) is 5.11 Å². The molecule has 1 aromatic heterocycles. The highest BCUT2D eigenvalue weighted by atomic mass is 16.3. The minimum atomic E-state index is -0.772. The van der Waals surface area contributed by atoms with Crippen molar-refractivity contribution in [1.29, 1.82) is 0 Å². The largest absolute Gasteiger partial charge is 0.384 e. The monoisotopic (exact) mass is 281 g/mol. The Morgan fingerprint density at radius 3 is 2.67 bits per heavy atom. The zero-order chi connectivity index (χ0) is 14.9. The minimum absolute atomic E-state index is 0.0225. The molecule has 2 bridgehead atoms. The summed E-state index contributed by atoms with van der Waals surface area (Å²) in [5.74, 6) is 0.611. The van der Waals surface area contributed by atoms with Gasteiger partial charge in [0, 0.05) is 22.4 Å². The lowest BCUT2D eigenvalue weighted by Gasteiger charge is -2.51. The Balaban J connectivity index is 2.03. The topological polar surface area (TPSA) is 33.1 Å². The first-order chi connectivity index (χ1) is 9.90. The van der Waals surface area contributed by atoms with Gasteiger partial charge in [-0.05, 0) is 42.9 Å². The molecule has 2 aliphatic rings. The Labute approximate surface area is 126 Å². The van der Waals surface area contributed by atoms with Crippen molar-refractivity contribution in [2.75, 3.05) is 0 Å². The van der Waals surface area contributed by atoms with E-state index in [2.05, 4.69) is 37.9 Å². The summed E-state index contributed by atoms with van der Waals surface area (Å²) in [7, 11) is 0. The molecular formula is C19H23NO. The van der Waals surface area contributed by atoms with Gasteiger partial charge in [0.15, 0.2) is 0 Å². The third-order valence-corrected chi connectivity index (χ3v) is 6.60. The van der Waals surface area contributed by atoms with Crippen LogP contribution in [-0.2, 0) is 5.60 Å². The number of fused-ring (bicyclic) bond motifs is 3. The lowest BCUT2D eigenvalue weighted by molar-refractivity contribution is -0.149. The van der Waals surface area contributed by atoms with E-state index in [4.69, 9.17) is 0 Å². The van der Waals surface area contributed by atoms with Crippen LogP contribution in [0.25, 0.3) is 10.9 Å². The van der Waals surface area contributed by atoms with Crippen LogP contribution in [0.5, 0.6) is 0 Å². The third-order valence-electron chi connectivity index (χ3n) is 6.60. The van der Waals surface area contributed by atoms with Crippen molar-refractivity contribution >= 4 is 10.9 Å². The van der Waals surface area contributed by atoms with E-state index in [0.29, 0.717) is 5.92 Å². The van der Waals surface area contributed by atoms with Gasteiger partial charge in [-0.1, -0.05) is 39.0 Å². The van der Waals surface area contributed by atoms with Crippen molar-refractivity contribution in [1.82, 2.24) is 4.98 Å². The number of aliphatic hydroxyl groups is 1. The molecule has 2 heteroatoms. The number of nitrogens with zero attached hydrogens (tertiary/aromatic N) is 1. The maximum atomic E-state index is 11.9. The summed E-state index contributed by atoms with van der Waals surface area (Å²) >= 11 is 0. The van der Waals surface area contributed by atoms with Gasteiger partial charge < -0.3 is 5.11 Å². The molecule has 2 fully saturated rings. The Bertz CT molecular complexity index is 710. The molecule has 2 aromatic rings. The molecule has 110 valence electrons. The fourth-order valence-corrected chi connectivity index (χ4v) is 5.35. The predicted octanol–water partition coefficient (Wildman–Crippen LogP) is 4.27. The minimum Gasteiger partial charge on any atom is -0.384 e. The van der Waals surface area contributed by atoms with Crippen molar-refractivity contribution in [3.8, 4) is 0 Å². The first kappa shape index (κ1) is 13.3. The molecule has 0 radical (unpaired) electrons. The zero-order valence-electron chi connectivity index (χ0n) is 13.1. The van der Waals surface area contributed by atoms with Crippen molar-refractivity contribution in [2.24, 2.45) is 16.7 Å². The number of pyridine rings is 1. The van der Waals surface area contributed by atoms with E-state index in [1.807, 2.05) is 24.4 Å². The van der Waals surface area contributed by atoms with Crippen LogP contribution in [0.3, 0.4) is 0 Å². The normalized spacial score (nSPS) is 37.2. The molecule has 3 atom stereocenters. The van der Waals surface area contributed by atoms with Gasteiger partial charge in [0.2, 0.25) is 0 Å². The lowest BCUT2D eigenvalue weighted by Crippen LogP contribution is -2.51. The van der Waals surface area contributed by atoms with Gasteiger partial charge in [0.1, 0.15) is 5.60 Å². The fraction of sp³-hybridized carbons (Fsp3) is 0.526. The Hall–Kier alpha value is -1.41. The van der Waals surface area contributed by atoms with Gasteiger partial charge in [-0.3, -0.25) is 4.98 Å². The molecule has 2 aliphatic carbocycles. The van der Waals surface area contributed by atoms with E-state index >= 15 is 0 Å². The molecule has 0 saturated heterocycles. The molecule has 2 saturated carbocycles. The number of hydrogen-bond donors (Lipinski definition) is 1. The molecule has 0 aliphatic heterocycles. The molecule has 1 heterocycles. The van der Waals surface area contributed by atoms with E-state index in [1.54, 1.807) is 0 Å². The van der Waals surface area contributed by atoms with Crippen LogP contribution in [0.4, 0.5) is 0 Å². The highest BCUT2D eigenvalue weighted by Crippen LogP contribution is 2.72. The maximum absolute atomic E-state index is 11.9. The summed E-state index contributed by atoms with van der Waals surface area (Å²) in [6.07, 6.45) is 5.32. The standard InChI is InChI=1S/C19H23NO/c1-17(2)13-9-10-18(3,12-13)19(17,21)15-7-4-8-16-14(15)6-5-11-20-16/h4-8,11,13,21H,9-10,12H2,1-3H3. The molecule has 3 unspecified atom stereocenters. The number of rotatable bonds is 1. The lowest BCUT2D eigenvalue weighted by atomic mass is 9.57. The molecule has 4 rings (SSSR count). The van der Waals surface area contributed by atoms with Gasteiger partial charge in [-0.15, -0.1) is 0 Å². The second kappa shape index (κ2) is 3.86. The van der Waals surface area contributed by atoms with E-state index in [0.717, 1.165) is 29.3 Å². The molecule has 1 N–H and O–H groups in total. The van der Waals surface area contributed by atoms with Crippen molar-refractivity contribution < 1.29 is 5.11 Å². The predicted molar refractivity (Wildman–Crippen MR) is 84.9 cm³/mol. The Morgan fingerprint density at radius 2 is 1.95 bits per heavy atom. The average molecular weight is 281 g/mol. The summed E-state index contributed by atoms with van der Waals surface area (Å²) in [4.78, 5) is 4.47. The Morgan fingerprint density at radius 1 is 1.14 bits per heavy atom. The summed E-state index contributed by atoms with van der Waals surface area (Å²) in [6, 6.07) is 10.2. The second-order valence-electron chi connectivity index (χ2n) is 7.81. The SMILES string of the molecule is CC12CCC(C1)C(C)(C)C2(O)c1cccc2ncccc12. The van der Waals surface area contributed by atoms with Crippen molar-refractivity contribution in [2.45, 2.75) is 45.6 Å². The van der Waals surface area contributed by atoms with Crippen LogP contribution in [0.1, 0.15) is 45.6 Å². The van der Waals surface area contributed by atoms with E-state index in [1.165, 1.54) is 6.42 Å². The number of aromatic nitrogens is 1. The molecule has 2 nitrogen and oxygen atoms in total. The number of benzene rings is 1. The van der Waals surface area contributed by atoms with Crippen LogP contribution in [-0.4, -0.2) is 10.1 Å². The summed E-state index contributed by atoms with van der Waals surface area (Å²) < 4.78 is 0. The molecule has 21 heavy (non-hydrogen) atoms. The maximum Gasteiger partial charge on any atom is 0.101 e. The van der Waals surface area contributed by atoms with Crippen LogP contribution < -0.4 is 0 Å². The van der Waals surface area contributed by atoms with Gasteiger partial charge >= 0.3 is 0 Å². The first-order valence-corrected chi connectivity index (χ1v) is 7.97. The van der Waals surface area contributed by atoms with Crippen LogP contribution >= 0.6 is 0 Å². The van der Waals surface area contributed by atoms with Gasteiger partial charge in [0.05, 0.1) is 5.52 Å². The van der Waals surface area contributed by atoms with Crippen LogP contribution in [0.2, 0.25) is 0 Å². The van der Waals surface area contributed by atoms with Gasteiger partial charge in [0.25, 0.3) is 0 Å². The van der Waals surface area contributed by atoms with Gasteiger partial charge in [-0.25, -0.2) is 0 Å². The Kier molecular flexibility index (Phi) is 2.44. The smallest absolute Gasteiger partial charge is 0.101 e. The van der Waals surface area contributed by atoms with E-state index in [-0.39, 0.29) is 10.8 Å². The quantitative estimate of drug-likeness (QED) is 0.847. The van der Waals surface area contributed by atoms with Crippen molar-refractivity contribution in [3.05, 3.63) is 42.1 Å². The zero-order valence-corrected chi connectivity index (χ0v) is 13.1. The molecular weight excluding hydrogens is 258 g/mol. The van der Waals surface area contributed by atoms with E-state index < -0.39 is 5.60 Å². The average Bonchev–Trinajstić information content (AvgIpc) is 2.95. The van der Waals surface area contributed by atoms with Crippen LogP contribution in [0.15, 0.2) is 36.5 Å². The summed E-state index contributed by atoms with van der Waals surface area (Å²) in [5, 5.41) is 13.0. The van der Waals surface area contributed by atoms with Crippen molar-refractivity contribution in [3.63, 3.8) is 0 Å². The third kappa shape index (κ3) is 1.39. The fourth-order valence-electron chi connectivity index (χ4n) is 5.35. The summed E-state index contributed by atoms with van der Waals surface area (Å²) in [5.41, 5.74) is 1.16. The second-order valence-corrected chi connectivity index (χ2v) is 7.81. The number of hydrogen-bond acceptors (Lipinski definition) is 2. The summed E-state index contributed by atoms with van der Waals surface area (Å²) in [6.45, 7) is 6.77. The first-order valence-electron chi connectivity index (χ1n) is 7.97. The highest BCUT2D eigenvalue weighted by Gasteiger charge is 2.69. The molecule has 0 amide bonds. The highest BCUT2D eigenvalue weighted by molar-refractivity contribution is 5.83. The molecule has 0 spiro atoms. The van der Waals surface area contributed by atoms with Gasteiger partial charge in [-0.2, -0.15) is 0 Å². The van der Waals surface area contributed by atoms with Crippen LogP contribution in [0, 0.1) is 16.7 Å². The molecule has 1 aromatic carbocycles.